The number of nitro benzene ring substituents is 1. The first-order chi connectivity index (χ1) is 13.3. The number of nitrogens with one attached hydrogen (secondary N) is 1. The maximum atomic E-state index is 12.4. The summed E-state index contributed by atoms with van der Waals surface area (Å²) in [5.41, 5.74) is 1.17. The summed E-state index contributed by atoms with van der Waals surface area (Å²) in [5, 5.41) is 30.8. The molecule has 0 spiro atoms. The fraction of sp³-hybridized carbons (Fsp3) is 0.333. The average molecular weight is 384 g/mol. The van der Waals surface area contributed by atoms with Crippen LogP contribution >= 0.6 is 0 Å². The predicted molar refractivity (Wildman–Crippen MR) is 93.7 cm³/mol. The van der Waals surface area contributed by atoms with Crippen LogP contribution in [0, 0.1) is 33.3 Å². The predicted octanol–water partition coefficient (Wildman–Crippen LogP) is 1.59. The van der Waals surface area contributed by atoms with Crippen LogP contribution in [0.5, 0.6) is 0 Å². The van der Waals surface area contributed by atoms with Crippen LogP contribution in [0.4, 0.5) is 5.69 Å². The Morgan fingerprint density at radius 1 is 1.18 bits per heavy atom. The molecule has 3 rings (SSSR count). The molecule has 2 unspecified atom stereocenters. The van der Waals surface area contributed by atoms with Gasteiger partial charge in [0.2, 0.25) is 0 Å². The van der Waals surface area contributed by atoms with E-state index in [0.29, 0.717) is 17.9 Å². The standard InChI is InChI=1S/C18H16N4O6/c19-9-14(15(23)10-5-7-11(8-6-10)22(27)28)16(24)20-21-17(25)12-3-1-2-4-13(12)18(21)26/h5-8,12-13,23H,1-4H2,(H,20,24). The largest absolute Gasteiger partial charge is 0.506 e. The maximum Gasteiger partial charge on any atom is 0.284 e. The highest BCUT2D eigenvalue weighted by molar-refractivity contribution is 6.10. The van der Waals surface area contributed by atoms with E-state index in [1.54, 1.807) is 0 Å². The zero-order chi connectivity index (χ0) is 20.4. The molecule has 1 aromatic carbocycles. The van der Waals surface area contributed by atoms with Crippen molar-refractivity contribution in [1.29, 1.82) is 5.26 Å². The van der Waals surface area contributed by atoms with Crippen LogP contribution in [-0.4, -0.2) is 32.8 Å². The zero-order valence-electron chi connectivity index (χ0n) is 14.6. The van der Waals surface area contributed by atoms with Crippen molar-refractivity contribution in [2.24, 2.45) is 11.8 Å². The monoisotopic (exact) mass is 384 g/mol. The Morgan fingerprint density at radius 3 is 2.18 bits per heavy atom. The van der Waals surface area contributed by atoms with Crippen molar-refractivity contribution in [3.63, 3.8) is 0 Å². The average Bonchev–Trinajstić information content (AvgIpc) is 2.93. The molecule has 1 aliphatic carbocycles. The summed E-state index contributed by atoms with van der Waals surface area (Å²) in [6, 6.07) is 6.11. The first-order valence-electron chi connectivity index (χ1n) is 8.62. The van der Waals surface area contributed by atoms with Gasteiger partial charge in [-0.15, -0.1) is 0 Å². The Hall–Kier alpha value is -3.74. The van der Waals surface area contributed by atoms with Gasteiger partial charge in [-0.2, -0.15) is 10.3 Å². The third-order valence-electron chi connectivity index (χ3n) is 4.98. The molecule has 1 saturated heterocycles. The van der Waals surface area contributed by atoms with Gasteiger partial charge in [-0.3, -0.25) is 29.9 Å². The van der Waals surface area contributed by atoms with E-state index >= 15 is 0 Å². The van der Waals surface area contributed by atoms with Crippen molar-refractivity contribution in [3.05, 3.63) is 45.5 Å². The van der Waals surface area contributed by atoms with Crippen molar-refractivity contribution >= 4 is 29.2 Å². The fourth-order valence-electron chi connectivity index (χ4n) is 3.53. The van der Waals surface area contributed by atoms with Crippen molar-refractivity contribution in [1.82, 2.24) is 10.4 Å². The smallest absolute Gasteiger partial charge is 0.284 e. The van der Waals surface area contributed by atoms with Gasteiger partial charge in [0.25, 0.3) is 23.4 Å². The lowest BCUT2D eigenvalue weighted by molar-refractivity contribution is -0.384. The normalized spacial score (nSPS) is 22.2. The van der Waals surface area contributed by atoms with E-state index in [2.05, 4.69) is 5.43 Å². The van der Waals surface area contributed by atoms with Crippen LogP contribution in [0.2, 0.25) is 0 Å². The van der Waals surface area contributed by atoms with Crippen LogP contribution in [-0.2, 0) is 14.4 Å². The van der Waals surface area contributed by atoms with Crippen molar-refractivity contribution < 1.29 is 24.4 Å². The Labute approximate surface area is 159 Å². The van der Waals surface area contributed by atoms with Crippen molar-refractivity contribution in [3.8, 4) is 6.07 Å². The summed E-state index contributed by atoms with van der Waals surface area (Å²) in [4.78, 5) is 47.3. The number of amides is 3. The van der Waals surface area contributed by atoms with Crippen LogP contribution < -0.4 is 5.43 Å². The van der Waals surface area contributed by atoms with Gasteiger partial charge in [-0.25, -0.2) is 0 Å². The highest BCUT2D eigenvalue weighted by atomic mass is 16.6. The van der Waals surface area contributed by atoms with Crippen LogP contribution in [0.25, 0.3) is 5.76 Å². The van der Waals surface area contributed by atoms with E-state index in [0.717, 1.165) is 25.0 Å². The lowest BCUT2D eigenvalue weighted by Crippen LogP contribution is -2.47. The molecule has 2 fully saturated rings. The number of carbonyl (C=O) groups is 3. The molecule has 1 aromatic rings. The number of carbonyl (C=O) groups excluding carboxylic acids is 3. The van der Waals surface area contributed by atoms with E-state index in [4.69, 9.17) is 0 Å². The Bertz CT molecular complexity index is 906. The summed E-state index contributed by atoms with van der Waals surface area (Å²) >= 11 is 0. The zero-order valence-corrected chi connectivity index (χ0v) is 14.6. The third kappa shape index (κ3) is 3.29. The molecule has 2 aliphatic rings. The highest BCUT2D eigenvalue weighted by Gasteiger charge is 2.49. The second kappa shape index (κ2) is 7.48. The number of aliphatic hydroxyl groups excluding tert-OH is 1. The van der Waals surface area contributed by atoms with Crippen LogP contribution in [0.3, 0.4) is 0 Å². The molecule has 144 valence electrons. The molecular formula is C18H16N4O6. The molecule has 0 bridgehead atoms. The second-order valence-corrected chi connectivity index (χ2v) is 6.59. The quantitative estimate of drug-likeness (QED) is 0.199. The van der Waals surface area contributed by atoms with E-state index in [9.17, 15) is 34.9 Å². The molecule has 1 saturated carbocycles. The molecule has 10 heteroatoms. The number of nitro groups is 1. The lowest BCUT2D eigenvalue weighted by atomic mass is 9.81. The molecule has 1 heterocycles. The van der Waals surface area contributed by atoms with Gasteiger partial charge in [0.05, 0.1) is 16.8 Å². The number of fused-ring (bicyclic) bond motifs is 1. The van der Waals surface area contributed by atoms with Crippen molar-refractivity contribution in [2.75, 3.05) is 0 Å². The van der Waals surface area contributed by atoms with E-state index < -0.39 is 45.8 Å². The molecule has 2 N–H and O–H groups in total. The number of non-ortho nitro benzene ring substituents is 1. The van der Waals surface area contributed by atoms with Gasteiger partial charge in [0.1, 0.15) is 11.8 Å². The Morgan fingerprint density at radius 2 is 1.71 bits per heavy atom. The SMILES string of the molecule is N#CC(C(=O)NN1C(=O)C2CCCCC2C1=O)=C(O)c1ccc([N+](=O)[O-])cc1. The molecule has 0 radical (unpaired) electrons. The second-order valence-electron chi connectivity index (χ2n) is 6.59. The number of hydrazine groups is 1. The summed E-state index contributed by atoms with van der Waals surface area (Å²) in [6.07, 6.45) is 2.78. The summed E-state index contributed by atoms with van der Waals surface area (Å²) in [5.74, 6) is -3.81. The Balaban J connectivity index is 1.82. The summed E-state index contributed by atoms with van der Waals surface area (Å²) < 4.78 is 0. The number of hydrogen-bond donors (Lipinski definition) is 2. The van der Waals surface area contributed by atoms with Crippen LogP contribution in [0.1, 0.15) is 31.2 Å². The summed E-state index contributed by atoms with van der Waals surface area (Å²) in [6.45, 7) is 0. The molecule has 3 amide bonds. The van der Waals surface area contributed by atoms with Gasteiger partial charge in [0, 0.05) is 17.7 Å². The van der Waals surface area contributed by atoms with Gasteiger partial charge >= 0.3 is 0 Å². The molecule has 1 aliphatic heterocycles. The van der Waals surface area contributed by atoms with Gasteiger partial charge in [0.15, 0.2) is 5.57 Å². The molecular weight excluding hydrogens is 368 g/mol. The van der Waals surface area contributed by atoms with Crippen molar-refractivity contribution in [2.45, 2.75) is 25.7 Å². The number of rotatable bonds is 4. The minimum atomic E-state index is -1.11. The Kier molecular flexibility index (Phi) is 5.08. The first-order valence-corrected chi connectivity index (χ1v) is 8.62. The van der Waals surface area contributed by atoms with Gasteiger partial charge in [-0.1, -0.05) is 12.8 Å². The number of benzene rings is 1. The molecule has 10 nitrogen and oxygen atoms in total. The minimum Gasteiger partial charge on any atom is -0.506 e. The fourth-order valence-corrected chi connectivity index (χ4v) is 3.53. The number of aliphatic hydroxyl groups is 1. The van der Waals surface area contributed by atoms with E-state index in [-0.39, 0.29) is 11.3 Å². The third-order valence-corrected chi connectivity index (χ3v) is 4.98. The highest BCUT2D eigenvalue weighted by Crippen LogP contribution is 2.37. The number of nitriles is 1. The molecule has 28 heavy (non-hydrogen) atoms. The van der Waals surface area contributed by atoms with E-state index in [1.165, 1.54) is 18.2 Å². The minimum absolute atomic E-state index is 0.00467. The van der Waals surface area contributed by atoms with Crippen LogP contribution in [0.15, 0.2) is 29.8 Å². The number of nitrogens with zero attached hydrogens (tertiary/aromatic N) is 3. The summed E-state index contributed by atoms with van der Waals surface area (Å²) in [7, 11) is 0. The first kappa shape index (κ1) is 19.0. The topological polar surface area (TPSA) is 154 Å². The molecule has 0 aromatic heterocycles. The van der Waals surface area contributed by atoms with Gasteiger partial charge in [-0.05, 0) is 25.0 Å². The maximum absolute atomic E-state index is 12.4. The van der Waals surface area contributed by atoms with Gasteiger partial charge < -0.3 is 5.11 Å². The molecule has 2 atom stereocenters. The number of hydrogen-bond acceptors (Lipinski definition) is 7. The lowest BCUT2D eigenvalue weighted by Gasteiger charge is -2.19. The number of imide groups is 1. The van der Waals surface area contributed by atoms with E-state index in [1.807, 2.05) is 0 Å².